The summed E-state index contributed by atoms with van der Waals surface area (Å²) in [5, 5.41) is 9.26. The van der Waals surface area contributed by atoms with E-state index >= 15 is 0 Å². The van der Waals surface area contributed by atoms with E-state index in [-0.39, 0.29) is 12.0 Å². The van der Waals surface area contributed by atoms with Crippen LogP contribution in [0.15, 0.2) is 41.6 Å². The van der Waals surface area contributed by atoms with Crippen LogP contribution in [0, 0.1) is 5.41 Å². The summed E-state index contributed by atoms with van der Waals surface area (Å²) in [6.07, 6.45) is 6.10. The number of benzene rings is 1. The minimum absolute atomic E-state index is 0.0133. The quantitative estimate of drug-likeness (QED) is 0.614. The second kappa shape index (κ2) is 7.59. The number of hydrogen-bond acceptors (Lipinski definition) is 4. The number of sulfonamides is 1. The second-order valence-electron chi connectivity index (χ2n) is 6.59. The molecule has 0 saturated carbocycles. The van der Waals surface area contributed by atoms with Crippen LogP contribution in [0.3, 0.4) is 0 Å². The Balaban J connectivity index is 1.93. The van der Waals surface area contributed by atoms with Crippen LogP contribution in [0.2, 0.25) is 0 Å². The Labute approximate surface area is 154 Å². The number of nitrogens with zero attached hydrogens (tertiary/aromatic N) is 3. The van der Waals surface area contributed by atoms with Gasteiger partial charge >= 0.3 is 0 Å². The van der Waals surface area contributed by atoms with Gasteiger partial charge in [0, 0.05) is 48.8 Å². The Hall–Kier alpha value is -2.19. The third-order valence-electron chi connectivity index (χ3n) is 4.90. The molecule has 0 amide bonds. The van der Waals surface area contributed by atoms with Gasteiger partial charge in [-0.1, -0.05) is 31.9 Å². The number of unbranched alkanes of at least 4 members (excludes halogenated alkanes) is 1. The van der Waals surface area contributed by atoms with Crippen LogP contribution < -0.4 is 5.73 Å². The van der Waals surface area contributed by atoms with Crippen LogP contribution in [-0.2, 0) is 10.0 Å². The molecule has 1 aromatic heterocycles. The number of rotatable bonds is 5. The van der Waals surface area contributed by atoms with E-state index < -0.39 is 10.0 Å². The van der Waals surface area contributed by atoms with Crippen molar-refractivity contribution in [2.24, 2.45) is 5.73 Å². The van der Waals surface area contributed by atoms with Crippen LogP contribution in [-0.4, -0.2) is 54.2 Å². The highest BCUT2D eigenvalue weighted by Crippen LogP contribution is 2.27. The first-order valence-electron chi connectivity index (χ1n) is 8.88. The molecule has 0 bridgehead atoms. The molecule has 1 aliphatic rings. The maximum Gasteiger partial charge on any atom is 0.243 e. The molecule has 2 heterocycles. The van der Waals surface area contributed by atoms with E-state index in [0.717, 1.165) is 24.6 Å². The highest BCUT2D eigenvalue weighted by atomic mass is 32.2. The summed E-state index contributed by atoms with van der Waals surface area (Å²) in [5.74, 6) is 0.0133. The molecule has 0 spiro atoms. The maximum atomic E-state index is 13.3. The molecule has 0 radical (unpaired) electrons. The van der Waals surface area contributed by atoms with E-state index in [9.17, 15) is 8.42 Å². The predicted molar refractivity (Wildman–Crippen MR) is 102 cm³/mol. The Morgan fingerprint density at radius 2 is 2.15 bits per heavy atom. The first-order valence-corrected chi connectivity index (χ1v) is 10.3. The average Bonchev–Trinajstić information content (AvgIpc) is 2.65. The number of pyridine rings is 1. The molecule has 1 saturated heterocycles. The fourth-order valence-corrected chi connectivity index (χ4v) is 5.19. The number of guanidine groups is 1. The van der Waals surface area contributed by atoms with Gasteiger partial charge in [0.15, 0.2) is 5.96 Å². The van der Waals surface area contributed by atoms with Crippen molar-refractivity contribution in [2.75, 3.05) is 19.6 Å². The molecular formula is C18H25N5O2S. The zero-order chi connectivity index (χ0) is 18.7. The van der Waals surface area contributed by atoms with Gasteiger partial charge in [-0.05, 0) is 18.6 Å². The Bertz CT molecular complexity index is 894. The summed E-state index contributed by atoms with van der Waals surface area (Å²) >= 11 is 0. The monoisotopic (exact) mass is 375 g/mol. The molecule has 1 aromatic carbocycles. The lowest BCUT2D eigenvalue weighted by molar-refractivity contribution is 0.177. The van der Waals surface area contributed by atoms with Crippen LogP contribution in [0.4, 0.5) is 0 Å². The van der Waals surface area contributed by atoms with Crippen LogP contribution in [0.25, 0.3) is 10.8 Å². The van der Waals surface area contributed by atoms with E-state index in [0.29, 0.717) is 29.9 Å². The summed E-state index contributed by atoms with van der Waals surface area (Å²) in [4.78, 5) is 6.19. The van der Waals surface area contributed by atoms with Crippen LogP contribution in [0.5, 0.6) is 0 Å². The summed E-state index contributed by atoms with van der Waals surface area (Å²) in [5.41, 5.74) is 5.70. The fourth-order valence-electron chi connectivity index (χ4n) is 3.51. The second-order valence-corrected chi connectivity index (χ2v) is 8.50. The summed E-state index contributed by atoms with van der Waals surface area (Å²) < 4.78 is 28.1. The summed E-state index contributed by atoms with van der Waals surface area (Å²) in [7, 11) is -3.63. The van der Waals surface area contributed by atoms with Crippen molar-refractivity contribution in [3.63, 3.8) is 0 Å². The maximum absolute atomic E-state index is 13.3. The van der Waals surface area contributed by atoms with Gasteiger partial charge in [0.1, 0.15) is 0 Å². The lowest BCUT2D eigenvalue weighted by atomic mass is 10.1. The zero-order valence-corrected chi connectivity index (χ0v) is 15.7. The molecule has 26 heavy (non-hydrogen) atoms. The lowest BCUT2D eigenvalue weighted by Crippen LogP contribution is -2.57. The van der Waals surface area contributed by atoms with Gasteiger partial charge in [-0.3, -0.25) is 10.4 Å². The normalized spacial score (nSPS) is 19.0. The van der Waals surface area contributed by atoms with Crippen molar-refractivity contribution in [1.29, 1.82) is 5.41 Å². The van der Waals surface area contributed by atoms with Gasteiger partial charge in [-0.2, -0.15) is 4.31 Å². The minimum Gasteiger partial charge on any atom is -0.370 e. The molecule has 1 fully saturated rings. The van der Waals surface area contributed by atoms with E-state index in [1.165, 1.54) is 4.31 Å². The molecule has 140 valence electrons. The van der Waals surface area contributed by atoms with Gasteiger partial charge in [-0.15, -0.1) is 0 Å². The van der Waals surface area contributed by atoms with Crippen LogP contribution in [0.1, 0.15) is 26.2 Å². The number of hydrogen-bond donors (Lipinski definition) is 2. The third kappa shape index (κ3) is 3.52. The Morgan fingerprint density at radius 3 is 2.88 bits per heavy atom. The van der Waals surface area contributed by atoms with Crippen molar-refractivity contribution >= 4 is 26.8 Å². The van der Waals surface area contributed by atoms with Gasteiger partial charge in [-0.25, -0.2) is 8.42 Å². The van der Waals surface area contributed by atoms with Gasteiger partial charge in [0.25, 0.3) is 0 Å². The van der Waals surface area contributed by atoms with Crippen LogP contribution >= 0.6 is 0 Å². The Kier molecular flexibility index (Phi) is 5.43. The number of fused-ring (bicyclic) bond motifs is 1. The molecule has 3 rings (SSSR count). The van der Waals surface area contributed by atoms with Crippen molar-refractivity contribution in [1.82, 2.24) is 14.2 Å². The number of nitrogens with one attached hydrogen (secondary N) is 1. The van der Waals surface area contributed by atoms with E-state index in [1.54, 1.807) is 30.6 Å². The third-order valence-corrected chi connectivity index (χ3v) is 6.83. The SMILES string of the molecule is CCCCC1CN(S(=O)(=O)c2cccc3cnccc23)CCN1C(=N)N. The summed E-state index contributed by atoms with van der Waals surface area (Å²) in [6, 6.07) is 6.93. The van der Waals surface area contributed by atoms with E-state index in [1.807, 2.05) is 11.0 Å². The van der Waals surface area contributed by atoms with E-state index in [4.69, 9.17) is 11.1 Å². The number of aromatic nitrogens is 1. The molecule has 1 aliphatic heterocycles. The molecule has 2 aromatic rings. The number of nitrogens with two attached hydrogens (primary N) is 1. The van der Waals surface area contributed by atoms with Crippen molar-refractivity contribution in [3.05, 3.63) is 36.7 Å². The fraction of sp³-hybridized carbons (Fsp3) is 0.444. The lowest BCUT2D eigenvalue weighted by Gasteiger charge is -2.41. The molecule has 8 heteroatoms. The van der Waals surface area contributed by atoms with Crippen molar-refractivity contribution in [2.45, 2.75) is 37.1 Å². The topological polar surface area (TPSA) is 103 Å². The van der Waals surface area contributed by atoms with Gasteiger partial charge in [0.2, 0.25) is 10.0 Å². The highest BCUT2D eigenvalue weighted by Gasteiger charge is 2.35. The van der Waals surface area contributed by atoms with Gasteiger partial charge < -0.3 is 10.6 Å². The first kappa shape index (κ1) is 18.6. The number of piperazine rings is 1. The zero-order valence-electron chi connectivity index (χ0n) is 14.9. The molecular weight excluding hydrogens is 350 g/mol. The smallest absolute Gasteiger partial charge is 0.243 e. The molecule has 1 atom stereocenters. The van der Waals surface area contributed by atoms with Gasteiger partial charge in [0.05, 0.1) is 4.90 Å². The standard InChI is InChI=1S/C18H25N5O2S/c1-2-3-6-15-13-22(10-11-23(15)18(19)20)26(24,25)17-7-4-5-14-12-21-9-8-16(14)17/h4-5,7-9,12,15H,2-3,6,10-11,13H2,1H3,(H3,19,20). The first-order chi connectivity index (χ1) is 12.4. The van der Waals surface area contributed by atoms with Crippen molar-refractivity contribution in [3.8, 4) is 0 Å². The van der Waals surface area contributed by atoms with E-state index in [2.05, 4.69) is 11.9 Å². The highest BCUT2D eigenvalue weighted by molar-refractivity contribution is 7.89. The Morgan fingerprint density at radius 1 is 1.35 bits per heavy atom. The molecule has 7 nitrogen and oxygen atoms in total. The predicted octanol–water partition coefficient (Wildman–Crippen LogP) is 1.99. The molecule has 1 unspecified atom stereocenters. The summed E-state index contributed by atoms with van der Waals surface area (Å²) in [6.45, 7) is 3.21. The van der Waals surface area contributed by atoms with Crippen molar-refractivity contribution < 1.29 is 8.42 Å². The molecule has 0 aliphatic carbocycles. The molecule has 3 N–H and O–H groups in total. The largest absolute Gasteiger partial charge is 0.370 e. The minimum atomic E-state index is -3.63. The average molecular weight is 375 g/mol.